The molecule has 1 amide bonds. The highest BCUT2D eigenvalue weighted by Gasteiger charge is 2.23. The molecule has 4 nitrogen and oxygen atoms in total. The number of benzene rings is 3. The molecule has 0 aromatic heterocycles. The number of para-hydroxylation sites is 1. The Morgan fingerprint density at radius 3 is 2.09 bits per heavy atom. The van der Waals surface area contributed by atoms with Gasteiger partial charge in [-0.3, -0.25) is 9.69 Å². The van der Waals surface area contributed by atoms with Crippen LogP contribution in [0.2, 0.25) is 0 Å². The minimum absolute atomic E-state index is 0. The number of piperazine rings is 1. The number of amides is 1. The number of aryl methyl sites for hydroxylation is 2. The molecule has 1 aliphatic heterocycles. The molecule has 1 aliphatic carbocycles. The number of fused-ring (bicyclic) bond motifs is 4. The first-order valence-electron chi connectivity index (χ1n) is 12.2. The normalized spacial score (nSPS) is 14.1. The third-order valence-corrected chi connectivity index (χ3v) is 7.10. The Morgan fingerprint density at radius 2 is 1.40 bits per heavy atom. The number of anilines is 1. The SMILES string of the molecule is Cc1cccc(C)c1N1CCN(CCCCNC(=O)c2ccc3c(c2)-c2ccccc2-3)CC1.Cl.Cl. The maximum atomic E-state index is 12.6. The van der Waals surface area contributed by atoms with Crippen LogP contribution in [0.5, 0.6) is 0 Å². The predicted octanol–water partition coefficient (Wildman–Crippen LogP) is 6.13. The number of halogens is 2. The molecule has 1 saturated heterocycles. The number of hydrogen-bond acceptors (Lipinski definition) is 3. The number of nitrogens with zero attached hydrogens (tertiary/aromatic N) is 2. The predicted molar refractivity (Wildman–Crippen MR) is 152 cm³/mol. The van der Waals surface area contributed by atoms with Crippen LogP contribution in [0.15, 0.2) is 60.7 Å². The standard InChI is InChI=1S/C29H33N3O.2ClH/c1-21-8-7-9-22(2)28(21)32-18-16-31(17-19-32)15-6-5-14-30-29(33)23-12-13-26-24-10-3-4-11-25(24)27(26)20-23;;/h3-4,7-13,20H,5-6,14-19H2,1-2H3,(H,30,33);2*1H. The molecule has 3 aromatic rings. The fraction of sp³-hybridized carbons (Fsp3) is 0.345. The van der Waals surface area contributed by atoms with Crippen molar-refractivity contribution >= 4 is 36.4 Å². The highest BCUT2D eigenvalue weighted by Crippen LogP contribution is 2.46. The van der Waals surface area contributed by atoms with Gasteiger partial charge in [0.2, 0.25) is 0 Å². The van der Waals surface area contributed by atoms with Gasteiger partial charge in [0.05, 0.1) is 0 Å². The van der Waals surface area contributed by atoms with E-state index in [2.05, 4.69) is 77.5 Å². The molecule has 0 bridgehead atoms. The minimum atomic E-state index is 0. The quantitative estimate of drug-likeness (QED) is 0.303. The molecular weight excluding hydrogens is 477 g/mol. The van der Waals surface area contributed by atoms with Crippen molar-refractivity contribution in [1.29, 1.82) is 0 Å². The summed E-state index contributed by atoms with van der Waals surface area (Å²) in [5.41, 5.74) is 9.89. The zero-order valence-corrected chi connectivity index (χ0v) is 22.2. The van der Waals surface area contributed by atoms with E-state index in [4.69, 9.17) is 0 Å². The summed E-state index contributed by atoms with van der Waals surface area (Å²) in [4.78, 5) is 17.7. The average Bonchev–Trinajstić information content (AvgIpc) is 2.82. The van der Waals surface area contributed by atoms with Crippen LogP contribution in [0.3, 0.4) is 0 Å². The van der Waals surface area contributed by atoms with Gasteiger partial charge in [0, 0.05) is 44.0 Å². The first kappa shape index (κ1) is 27.1. The molecule has 3 aromatic carbocycles. The molecule has 2 aliphatic rings. The Morgan fingerprint density at radius 1 is 0.771 bits per heavy atom. The smallest absolute Gasteiger partial charge is 0.251 e. The zero-order chi connectivity index (χ0) is 22.8. The van der Waals surface area contributed by atoms with Gasteiger partial charge in [0.15, 0.2) is 0 Å². The lowest BCUT2D eigenvalue weighted by Crippen LogP contribution is -2.47. The number of carbonyl (C=O) groups excluding carboxylic acids is 1. The van der Waals surface area contributed by atoms with E-state index in [1.807, 2.05) is 12.1 Å². The monoisotopic (exact) mass is 511 g/mol. The van der Waals surface area contributed by atoms with Gasteiger partial charge in [-0.1, -0.05) is 48.5 Å². The number of nitrogens with one attached hydrogen (secondary N) is 1. The van der Waals surface area contributed by atoms with E-state index in [-0.39, 0.29) is 30.7 Å². The molecule has 0 spiro atoms. The van der Waals surface area contributed by atoms with Crippen molar-refractivity contribution in [2.45, 2.75) is 26.7 Å². The fourth-order valence-corrected chi connectivity index (χ4v) is 5.30. The fourth-order valence-electron chi connectivity index (χ4n) is 5.30. The third kappa shape index (κ3) is 5.66. The molecule has 186 valence electrons. The van der Waals surface area contributed by atoms with E-state index >= 15 is 0 Å². The molecule has 0 radical (unpaired) electrons. The molecule has 35 heavy (non-hydrogen) atoms. The maximum absolute atomic E-state index is 12.6. The molecule has 1 fully saturated rings. The lowest BCUT2D eigenvalue weighted by atomic mass is 9.80. The lowest BCUT2D eigenvalue weighted by Gasteiger charge is -2.37. The van der Waals surface area contributed by atoms with Crippen LogP contribution in [0.25, 0.3) is 22.3 Å². The van der Waals surface area contributed by atoms with E-state index in [9.17, 15) is 4.79 Å². The lowest BCUT2D eigenvalue weighted by molar-refractivity contribution is 0.0952. The Bertz CT molecular complexity index is 1150. The van der Waals surface area contributed by atoms with Gasteiger partial charge < -0.3 is 10.2 Å². The van der Waals surface area contributed by atoms with Crippen LogP contribution in [0, 0.1) is 13.8 Å². The van der Waals surface area contributed by atoms with Crippen LogP contribution in [-0.2, 0) is 0 Å². The van der Waals surface area contributed by atoms with Crippen molar-refractivity contribution in [3.05, 3.63) is 77.4 Å². The van der Waals surface area contributed by atoms with Gasteiger partial charge in [0.25, 0.3) is 5.91 Å². The van der Waals surface area contributed by atoms with Crippen molar-refractivity contribution in [2.24, 2.45) is 0 Å². The maximum Gasteiger partial charge on any atom is 0.251 e. The van der Waals surface area contributed by atoms with Crippen molar-refractivity contribution in [3.8, 4) is 22.3 Å². The summed E-state index contributed by atoms with van der Waals surface area (Å²) < 4.78 is 0. The Kier molecular flexibility index (Phi) is 9.23. The van der Waals surface area contributed by atoms with Crippen LogP contribution >= 0.6 is 24.8 Å². The minimum Gasteiger partial charge on any atom is -0.369 e. The molecule has 6 heteroatoms. The summed E-state index contributed by atoms with van der Waals surface area (Å²) >= 11 is 0. The van der Waals surface area contributed by atoms with Crippen LogP contribution < -0.4 is 10.2 Å². The molecule has 1 heterocycles. The average molecular weight is 513 g/mol. The Hall–Kier alpha value is -2.53. The summed E-state index contributed by atoms with van der Waals surface area (Å²) in [5, 5.41) is 3.11. The third-order valence-electron chi connectivity index (χ3n) is 7.10. The van der Waals surface area contributed by atoms with Gasteiger partial charge >= 0.3 is 0 Å². The summed E-state index contributed by atoms with van der Waals surface area (Å²) in [6.07, 6.45) is 2.12. The molecule has 0 saturated carbocycles. The van der Waals surface area contributed by atoms with Gasteiger partial charge in [-0.2, -0.15) is 0 Å². The van der Waals surface area contributed by atoms with Gasteiger partial charge in [-0.25, -0.2) is 0 Å². The first-order chi connectivity index (χ1) is 16.1. The van der Waals surface area contributed by atoms with Gasteiger partial charge in [0.1, 0.15) is 0 Å². The van der Waals surface area contributed by atoms with Crippen molar-refractivity contribution in [3.63, 3.8) is 0 Å². The van der Waals surface area contributed by atoms with Gasteiger partial charge in [-0.05, 0) is 78.7 Å². The number of rotatable bonds is 7. The molecule has 0 unspecified atom stereocenters. The van der Waals surface area contributed by atoms with Crippen molar-refractivity contribution < 1.29 is 4.79 Å². The van der Waals surface area contributed by atoms with E-state index in [1.54, 1.807) is 0 Å². The topological polar surface area (TPSA) is 35.6 Å². The van der Waals surface area contributed by atoms with Crippen LogP contribution in [0.1, 0.15) is 34.3 Å². The summed E-state index contributed by atoms with van der Waals surface area (Å²) in [6, 6.07) is 21.0. The number of carbonyl (C=O) groups is 1. The van der Waals surface area contributed by atoms with E-state index in [0.717, 1.165) is 57.7 Å². The van der Waals surface area contributed by atoms with Gasteiger partial charge in [-0.15, -0.1) is 24.8 Å². The number of hydrogen-bond donors (Lipinski definition) is 1. The highest BCUT2D eigenvalue weighted by atomic mass is 35.5. The van der Waals surface area contributed by atoms with Crippen LogP contribution in [-0.4, -0.2) is 50.1 Å². The summed E-state index contributed by atoms with van der Waals surface area (Å²) in [7, 11) is 0. The van der Waals surface area contributed by atoms with Crippen molar-refractivity contribution in [1.82, 2.24) is 10.2 Å². The Balaban J connectivity index is 0.00000171. The molecular formula is C29H35Cl2N3O. The van der Waals surface area contributed by atoms with E-state index in [0.29, 0.717) is 0 Å². The molecule has 1 N–H and O–H groups in total. The van der Waals surface area contributed by atoms with Crippen LogP contribution in [0.4, 0.5) is 5.69 Å². The largest absolute Gasteiger partial charge is 0.369 e. The summed E-state index contributed by atoms with van der Waals surface area (Å²) in [5.74, 6) is 0.0318. The van der Waals surface area contributed by atoms with E-state index < -0.39 is 0 Å². The Labute approximate surface area is 221 Å². The molecule has 5 rings (SSSR count). The molecule has 0 atom stereocenters. The second-order valence-corrected chi connectivity index (χ2v) is 9.34. The second kappa shape index (κ2) is 11.9. The second-order valence-electron chi connectivity index (χ2n) is 9.34. The number of unbranched alkanes of at least 4 members (excludes halogenated alkanes) is 1. The first-order valence-corrected chi connectivity index (χ1v) is 12.2. The zero-order valence-electron chi connectivity index (χ0n) is 20.5. The highest BCUT2D eigenvalue weighted by molar-refractivity contribution is 6.05. The van der Waals surface area contributed by atoms with Crippen molar-refractivity contribution in [2.75, 3.05) is 44.2 Å². The summed E-state index contributed by atoms with van der Waals surface area (Å²) in [6.45, 7) is 10.6. The van der Waals surface area contributed by atoms with E-state index in [1.165, 1.54) is 39.1 Å².